The fourth-order valence-electron chi connectivity index (χ4n) is 4.27. The second kappa shape index (κ2) is 12.6. The number of benzene rings is 2. The monoisotopic (exact) mass is 633 g/mol. The van der Waals surface area contributed by atoms with E-state index in [9.17, 15) is 37.2 Å². The molecule has 0 saturated carbocycles. The van der Waals surface area contributed by atoms with Gasteiger partial charge in [-0.25, -0.2) is 22.5 Å². The highest BCUT2D eigenvalue weighted by atomic mass is 31.2. The van der Waals surface area contributed by atoms with Crippen LogP contribution in [-0.2, 0) is 23.4 Å². The summed E-state index contributed by atoms with van der Waals surface area (Å²) in [6, 6.07) is 10.1. The number of aromatic nitrogens is 2. The third-order valence-corrected chi connectivity index (χ3v) is 8.07. The number of rotatable bonds is 11. The van der Waals surface area contributed by atoms with E-state index in [1.807, 2.05) is 0 Å². The van der Waals surface area contributed by atoms with Crippen molar-refractivity contribution in [3.8, 4) is 5.75 Å². The van der Waals surface area contributed by atoms with Crippen LogP contribution in [0.15, 0.2) is 58.3 Å². The number of aliphatic hydroxyl groups is 1. The van der Waals surface area contributed by atoms with Crippen LogP contribution in [0.4, 0.5) is 17.6 Å². The van der Waals surface area contributed by atoms with E-state index in [4.69, 9.17) is 18.5 Å². The lowest BCUT2D eigenvalue weighted by molar-refractivity contribution is -0.193. The van der Waals surface area contributed by atoms with Crippen molar-refractivity contribution in [2.24, 2.45) is 0 Å². The second-order valence-electron chi connectivity index (χ2n) is 10.0. The molecule has 2 heterocycles. The van der Waals surface area contributed by atoms with Gasteiger partial charge in [-0.3, -0.25) is 23.7 Å². The summed E-state index contributed by atoms with van der Waals surface area (Å²) >= 11 is 0. The number of hydrogen-bond acceptors (Lipinski definition) is 9. The molecule has 0 bridgehead atoms. The number of ether oxygens (including phenoxy) is 2. The molecule has 1 fully saturated rings. The number of fused-ring (bicyclic) bond motifs is 1. The summed E-state index contributed by atoms with van der Waals surface area (Å²) in [7, 11) is -4.84. The molecule has 3 aromatic rings. The van der Waals surface area contributed by atoms with Crippen LogP contribution >= 0.6 is 7.75 Å². The average Bonchev–Trinajstić information content (AvgIpc) is 3.19. The summed E-state index contributed by atoms with van der Waals surface area (Å²) in [6.45, 7) is 2.84. The summed E-state index contributed by atoms with van der Waals surface area (Å²) in [6.07, 6.45) is -11.9. The van der Waals surface area contributed by atoms with E-state index < -0.39 is 80.1 Å². The van der Waals surface area contributed by atoms with Gasteiger partial charge < -0.3 is 19.1 Å². The van der Waals surface area contributed by atoms with Crippen LogP contribution in [0.1, 0.15) is 27.0 Å². The third-order valence-electron chi connectivity index (χ3n) is 6.45. The molecule has 4 rings (SSSR count). The maximum Gasteiger partial charge on any atom is 0.459 e. The number of nitrogens with zero attached hydrogens (tertiary/aromatic N) is 1. The minimum absolute atomic E-state index is 0.0746. The number of carbonyl (C=O) groups excluding carboxylic acids is 1. The first-order chi connectivity index (χ1) is 20.2. The van der Waals surface area contributed by atoms with Gasteiger partial charge in [0.2, 0.25) is 5.82 Å². The number of aromatic amines is 1. The van der Waals surface area contributed by atoms with E-state index in [0.717, 1.165) is 5.39 Å². The molecule has 2 aromatic carbocycles. The highest BCUT2D eigenvalue weighted by Crippen LogP contribution is 2.50. The summed E-state index contributed by atoms with van der Waals surface area (Å²) in [5.74, 6) is -2.53. The van der Waals surface area contributed by atoms with Gasteiger partial charge in [0, 0.05) is 0 Å². The van der Waals surface area contributed by atoms with Crippen molar-refractivity contribution in [1.29, 1.82) is 0 Å². The fraction of sp³-hybridized carbons (Fsp3) is 0.423. The van der Waals surface area contributed by atoms with Crippen LogP contribution < -0.4 is 20.9 Å². The molecule has 0 spiro atoms. The molecule has 1 saturated heterocycles. The first kappa shape index (κ1) is 32.4. The van der Waals surface area contributed by atoms with Crippen LogP contribution in [0.5, 0.6) is 5.75 Å². The summed E-state index contributed by atoms with van der Waals surface area (Å²) in [4.78, 5) is 37.5. The molecule has 234 valence electrons. The van der Waals surface area contributed by atoms with E-state index in [1.165, 1.54) is 24.0 Å². The number of alkyl halides is 3. The second-order valence-corrected chi connectivity index (χ2v) is 11.7. The number of aliphatic hydroxyl groups excluding tert-OH is 1. The molecule has 6 atom stereocenters. The van der Waals surface area contributed by atoms with Gasteiger partial charge in [0.25, 0.3) is 12.0 Å². The van der Waals surface area contributed by atoms with Crippen molar-refractivity contribution < 1.29 is 50.5 Å². The quantitative estimate of drug-likeness (QED) is 0.163. The van der Waals surface area contributed by atoms with Crippen molar-refractivity contribution in [2.45, 2.75) is 63.4 Å². The third kappa shape index (κ3) is 6.83. The SMILES string of the molecule is CC(C)OC(=O)[C@H](C)N[P@](=O)(OC[C@@]1(C(F)F)O[C@@H](n2cc(F)c(=O)[nH]c2=O)[C@H](F)[C@H]1O)Oc1ccc2ccccc2c1. The van der Waals surface area contributed by atoms with Crippen molar-refractivity contribution in [3.63, 3.8) is 0 Å². The molecule has 0 aliphatic carbocycles. The number of carbonyl (C=O) groups is 1. The van der Waals surface area contributed by atoms with Crippen LogP contribution in [0, 0.1) is 5.82 Å². The lowest BCUT2D eigenvalue weighted by atomic mass is 9.97. The molecule has 0 amide bonds. The Hall–Kier alpha value is -3.56. The van der Waals surface area contributed by atoms with Crippen molar-refractivity contribution in [3.05, 3.63) is 75.3 Å². The Bertz CT molecular complexity index is 1650. The zero-order valence-electron chi connectivity index (χ0n) is 22.9. The molecular weight excluding hydrogens is 605 g/mol. The van der Waals surface area contributed by atoms with Crippen molar-refractivity contribution >= 4 is 24.5 Å². The zero-order chi connectivity index (χ0) is 31.7. The topological polar surface area (TPSA) is 158 Å². The molecule has 1 aliphatic heterocycles. The largest absolute Gasteiger partial charge is 0.462 e. The molecule has 0 radical (unpaired) electrons. The standard InChI is InChI=1S/C26H28F4N3O9P/c1-13(2)40-23(36)14(3)32-43(38,42-17-9-8-15-6-4-5-7-16(15)10-17)39-12-26(24(29)30)20(34)19(28)22(41-26)33-11-18(27)21(35)31-25(33)37/h4-11,13-14,19-20,22,24,34H,12H2,1-3H3,(H,32,38)(H,31,35,37)/t14-,19+,20+,22+,26+,43-/m0/s1. The van der Waals surface area contributed by atoms with Gasteiger partial charge in [0.1, 0.15) is 17.9 Å². The molecular formula is C26H28F4N3O9P. The molecule has 0 unspecified atom stereocenters. The minimum atomic E-state index is -4.84. The van der Waals surface area contributed by atoms with E-state index in [-0.39, 0.29) is 16.5 Å². The van der Waals surface area contributed by atoms with Crippen LogP contribution in [-0.4, -0.2) is 63.7 Å². The zero-order valence-corrected chi connectivity index (χ0v) is 23.8. The maximum absolute atomic E-state index is 15.2. The van der Waals surface area contributed by atoms with Gasteiger partial charge in [-0.2, -0.15) is 9.48 Å². The first-order valence-electron chi connectivity index (χ1n) is 12.9. The summed E-state index contributed by atoms with van der Waals surface area (Å²) in [5.41, 5.74) is -6.15. The lowest BCUT2D eigenvalue weighted by Gasteiger charge is -2.32. The Kier molecular flexibility index (Phi) is 9.47. The Morgan fingerprint density at radius 1 is 1.19 bits per heavy atom. The molecule has 12 nitrogen and oxygen atoms in total. The smallest absolute Gasteiger partial charge is 0.459 e. The number of hydrogen-bond donors (Lipinski definition) is 3. The van der Waals surface area contributed by atoms with Crippen LogP contribution in [0.3, 0.4) is 0 Å². The molecule has 1 aromatic heterocycles. The van der Waals surface area contributed by atoms with Crippen molar-refractivity contribution in [1.82, 2.24) is 14.6 Å². The van der Waals surface area contributed by atoms with Gasteiger partial charge in [0.05, 0.1) is 18.9 Å². The first-order valence-corrected chi connectivity index (χ1v) is 14.4. The predicted octanol–water partition coefficient (Wildman–Crippen LogP) is 3.19. The highest BCUT2D eigenvalue weighted by Gasteiger charge is 2.62. The fourth-order valence-corrected chi connectivity index (χ4v) is 5.79. The number of nitrogens with one attached hydrogen (secondary N) is 2. The Morgan fingerprint density at radius 2 is 1.86 bits per heavy atom. The van der Waals surface area contributed by atoms with Gasteiger partial charge in [-0.15, -0.1) is 0 Å². The number of halogens is 4. The molecule has 1 aliphatic rings. The Labute approximate surface area is 241 Å². The molecule has 17 heteroatoms. The van der Waals surface area contributed by atoms with Crippen LogP contribution in [0.2, 0.25) is 0 Å². The van der Waals surface area contributed by atoms with Gasteiger partial charge >= 0.3 is 19.4 Å². The van der Waals surface area contributed by atoms with Gasteiger partial charge in [0.15, 0.2) is 18.0 Å². The summed E-state index contributed by atoms with van der Waals surface area (Å²) < 4.78 is 93.0. The Morgan fingerprint density at radius 3 is 2.51 bits per heavy atom. The van der Waals surface area contributed by atoms with E-state index in [1.54, 1.807) is 44.2 Å². The molecule has 3 N–H and O–H groups in total. The number of H-pyrrole nitrogens is 1. The van der Waals surface area contributed by atoms with Crippen molar-refractivity contribution in [2.75, 3.05) is 6.61 Å². The van der Waals surface area contributed by atoms with Crippen LogP contribution in [0.25, 0.3) is 10.8 Å². The summed E-state index contributed by atoms with van der Waals surface area (Å²) in [5, 5.41) is 14.2. The average molecular weight is 633 g/mol. The van der Waals surface area contributed by atoms with Gasteiger partial charge in [-0.05, 0) is 43.7 Å². The lowest BCUT2D eigenvalue weighted by Crippen LogP contribution is -2.52. The normalized spacial score (nSPS) is 24.3. The number of esters is 1. The Balaban J connectivity index is 1.66. The minimum Gasteiger partial charge on any atom is -0.462 e. The van der Waals surface area contributed by atoms with Gasteiger partial charge in [-0.1, -0.05) is 30.3 Å². The maximum atomic E-state index is 15.2. The highest BCUT2D eigenvalue weighted by molar-refractivity contribution is 7.52. The van der Waals surface area contributed by atoms with E-state index in [0.29, 0.717) is 5.39 Å². The molecule has 43 heavy (non-hydrogen) atoms. The predicted molar refractivity (Wildman–Crippen MR) is 143 cm³/mol. The van der Waals surface area contributed by atoms with E-state index >= 15 is 4.39 Å². The van der Waals surface area contributed by atoms with E-state index in [2.05, 4.69) is 5.09 Å².